The zero-order chi connectivity index (χ0) is 14.1. The van der Waals surface area contributed by atoms with E-state index >= 15 is 0 Å². The molecular formula is C10H9BrClF3N2O. The van der Waals surface area contributed by atoms with Gasteiger partial charge in [-0.2, -0.15) is 13.2 Å². The van der Waals surface area contributed by atoms with E-state index in [1.807, 2.05) is 0 Å². The number of nitrogens with two attached hydrogens (primary N) is 1. The molecule has 0 aromatic heterocycles. The highest BCUT2D eigenvalue weighted by Gasteiger charge is 2.54. The number of hydrogen-bond donors (Lipinski definition) is 2. The molecule has 0 fully saturated rings. The summed E-state index contributed by atoms with van der Waals surface area (Å²) in [5, 5.41) is 2.36. The molecule has 0 saturated carbocycles. The molecule has 0 aliphatic carbocycles. The Hall–Kier alpha value is -0.790. The zero-order valence-electron chi connectivity index (χ0n) is 9.11. The summed E-state index contributed by atoms with van der Waals surface area (Å²) in [6, 6.07) is 4.34. The predicted octanol–water partition coefficient (Wildman–Crippen LogP) is 3.32. The fraction of sp³-hybridized carbons (Fsp3) is 0.300. The second-order valence-corrected chi connectivity index (χ2v) is 5.07. The maximum absolute atomic E-state index is 12.5. The molecule has 0 heterocycles. The van der Waals surface area contributed by atoms with Crippen LogP contribution in [-0.4, -0.2) is 17.6 Å². The van der Waals surface area contributed by atoms with Crippen LogP contribution in [0.2, 0.25) is 5.02 Å². The van der Waals surface area contributed by atoms with Gasteiger partial charge in [0.25, 0.3) is 5.91 Å². The number of amides is 1. The summed E-state index contributed by atoms with van der Waals surface area (Å²) < 4.78 is 38.0. The van der Waals surface area contributed by atoms with Crippen molar-refractivity contribution in [2.45, 2.75) is 18.6 Å². The summed E-state index contributed by atoms with van der Waals surface area (Å²) in [5.74, 6) is -1.36. The summed E-state index contributed by atoms with van der Waals surface area (Å²) in [6.07, 6.45) is -4.85. The minimum atomic E-state index is -4.85. The van der Waals surface area contributed by atoms with Crippen molar-refractivity contribution in [1.29, 1.82) is 0 Å². The van der Waals surface area contributed by atoms with Gasteiger partial charge in [-0.15, -0.1) is 0 Å². The van der Waals surface area contributed by atoms with Crippen LogP contribution in [0.4, 0.5) is 18.9 Å². The van der Waals surface area contributed by atoms with E-state index in [0.29, 0.717) is 11.4 Å². The van der Waals surface area contributed by atoms with Crippen molar-refractivity contribution in [2.75, 3.05) is 5.32 Å². The van der Waals surface area contributed by atoms with E-state index < -0.39 is 17.6 Å². The van der Waals surface area contributed by atoms with Crippen LogP contribution in [0.3, 0.4) is 0 Å². The Kier molecular flexibility index (Phi) is 4.30. The highest BCUT2D eigenvalue weighted by molar-refractivity contribution is 9.10. The van der Waals surface area contributed by atoms with Crippen molar-refractivity contribution in [2.24, 2.45) is 5.73 Å². The average Bonchev–Trinajstić information content (AvgIpc) is 2.21. The first kappa shape index (κ1) is 15.3. The van der Waals surface area contributed by atoms with Crippen molar-refractivity contribution in [3.05, 3.63) is 27.7 Å². The summed E-state index contributed by atoms with van der Waals surface area (Å²) in [5.41, 5.74) is 2.13. The van der Waals surface area contributed by atoms with E-state index in [2.05, 4.69) is 21.2 Å². The molecule has 1 aromatic rings. The smallest absolute Gasteiger partial charge is 0.323 e. The lowest BCUT2D eigenvalue weighted by atomic mass is 10.0. The van der Waals surface area contributed by atoms with E-state index in [-0.39, 0.29) is 10.7 Å². The minimum Gasteiger partial charge on any atom is -0.323 e. The predicted molar refractivity (Wildman–Crippen MR) is 66.4 cm³/mol. The van der Waals surface area contributed by atoms with Crippen LogP contribution in [-0.2, 0) is 4.79 Å². The van der Waals surface area contributed by atoms with Crippen LogP contribution in [0.1, 0.15) is 6.92 Å². The second-order valence-electron chi connectivity index (χ2n) is 3.78. The number of anilines is 1. The molecule has 1 rings (SSSR count). The average molecular weight is 346 g/mol. The molecule has 8 heteroatoms. The van der Waals surface area contributed by atoms with Crippen LogP contribution >= 0.6 is 27.5 Å². The van der Waals surface area contributed by atoms with Gasteiger partial charge in [-0.25, -0.2) is 0 Å². The molecule has 0 radical (unpaired) electrons. The normalized spacial score (nSPS) is 15.1. The van der Waals surface area contributed by atoms with Gasteiger partial charge in [-0.1, -0.05) is 11.6 Å². The molecule has 0 aliphatic heterocycles. The molecule has 0 saturated heterocycles. The number of carbonyl (C=O) groups is 1. The topological polar surface area (TPSA) is 55.1 Å². The van der Waals surface area contributed by atoms with E-state index in [9.17, 15) is 18.0 Å². The highest BCUT2D eigenvalue weighted by atomic mass is 79.9. The fourth-order valence-electron chi connectivity index (χ4n) is 0.974. The van der Waals surface area contributed by atoms with Crippen molar-refractivity contribution in [3.63, 3.8) is 0 Å². The van der Waals surface area contributed by atoms with Crippen molar-refractivity contribution in [1.82, 2.24) is 0 Å². The van der Waals surface area contributed by atoms with Gasteiger partial charge in [0.1, 0.15) is 0 Å². The molecule has 1 aromatic carbocycles. The van der Waals surface area contributed by atoms with Crippen LogP contribution in [0.15, 0.2) is 22.7 Å². The summed E-state index contributed by atoms with van der Waals surface area (Å²) >= 11 is 8.76. The third-order valence-corrected chi connectivity index (χ3v) is 3.16. The van der Waals surface area contributed by atoms with Gasteiger partial charge in [0.05, 0.1) is 5.69 Å². The summed E-state index contributed by atoms with van der Waals surface area (Å²) in [4.78, 5) is 11.5. The molecule has 100 valence electrons. The standard InChI is InChI=1S/C10H9BrClF3N2O/c1-9(16,10(13,14)15)8(18)17-7-4-5(12)2-3-6(7)11/h2-4H,16H2,1H3,(H,17,18). The SMILES string of the molecule is CC(N)(C(=O)Nc1cc(Cl)ccc1Br)C(F)(F)F. The Bertz CT molecular complexity index is 477. The van der Waals surface area contributed by atoms with Gasteiger partial charge >= 0.3 is 6.18 Å². The zero-order valence-corrected chi connectivity index (χ0v) is 11.4. The Morgan fingerprint density at radius 3 is 2.50 bits per heavy atom. The molecule has 1 unspecified atom stereocenters. The Labute approximate surface area is 115 Å². The molecule has 0 aliphatic rings. The van der Waals surface area contributed by atoms with E-state index in [1.54, 1.807) is 0 Å². The quantitative estimate of drug-likeness (QED) is 0.864. The molecule has 18 heavy (non-hydrogen) atoms. The van der Waals surface area contributed by atoms with Crippen LogP contribution in [0.5, 0.6) is 0 Å². The lowest BCUT2D eigenvalue weighted by Crippen LogP contribution is -2.59. The maximum atomic E-state index is 12.5. The van der Waals surface area contributed by atoms with Gasteiger partial charge in [0, 0.05) is 9.50 Å². The highest BCUT2D eigenvalue weighted by Crippen LogP contribution is 2.31. The van der Waals surface area contributed by atoms with Crippen molar-refractivity contribution >= 4 is 39.1 Å². The second kappa shape index (κ2) is 5.07. The number of carbonyl (C=O) groups excluding carboxylic acids is 1. The number of alkyl halides is 3. The van der Waals surface area contributed by atoms with Crippen molar-refractivity contribution < 1.29 is 18.0 Å². The van der Waals surface area contributed by atoms with Crippen molar-refractivity contribution in [3.8, 4) is 0 Å². The minimum absolute atomic E-state index is 0.119. The molecule has 0 bridgehead atoms. The summed E-state index contributed by atoms with van der Waals surface area (Å²) in [6.45, 7) is 0.598. The Balaban J connectivity index is 2.98. The lowest BCUT2D eigenvalue weighted by Gasteiger charge is -2.26. The van der Waals surface area contributed by atoms with Gasteiger partial charge in [0.2, 0.25) is 0 Å². The van der Waals surface area contributed by atoms with Gasteiger partial charge in [-0.3, -0.25) is 4.79 Å². The Morgan fingerprint density at radius 2 is 2.00 bits per heavy atom. The molecule has 1 amide bonds. The fourth-order valence-corrected chi connectivity index (χ4v) is 1.49. The monoisotopic (exact) mass is 344 g/mol. The number of halogens is 5. The first-order valence-electron chi connectivity index (χ1n) is 4.68. The van der Waals surface area contributed by atoms with E-state index in [4.69, 9.17) is 17.3 Å². The number of rotatable bonds is 2. The molecular weight excluding hydrogens is 336 g/mol. The van der Waals surface area contributed by atoms with Gasteiger partial charge in [0.15, 0.2) is 5.54 Å². The first-order valence-corrected chi connectivity index (χ1v) is 5.85. The van der Waals surface area contributed by atoms with Gasteiger partial charge in [-0.05, 0) is 41.1 Å². The van der Waals surface area contributed by atoms with Crippen LogP contribution in [0, 0.1) is 0 Å². The first-order chi connectivity index (χ1) is 8.05. The van der Waals surface area contributed by atoms with E-state index in [1.165, 1.54) is 18.2 Å². The molecule has 3 nitrogen and oxygen atoms in total. The lowest BCUT2D eigenvalue weighted by molar-refractivity contribution is -0.184. The van der Waals surface area contributed by atoms with Gasteiger partial charge < -0.3 is 11.1 Å². The number of hydrogen-bond acceptors (Lipinski definition) is 2. The molecule has 0 spiro atoms. The number of benzene rings is 1. The molecule has 1 atom stereocenters. The van der Waals surface area contributed by atoms with Crippen LogP contribution in [0.25, 0.3) is 0 Å². The largest absolute Gasteiger partial charge is 0.415 e. The number of nitrogens with one attached hydrogen (secondary N) is 1. The molecule has 3 N–H and O–H groups in total. The van der Waals surface area contributed by atoms with E-state index in [0.717, 1.165) is 0 Å². The third-order valence-electron chi connectivity index (χ3n) is 2.24. The Morgan fingerprint density at radius 1 is 1.44 bits per heavy atom. The third kappa shape index (κ3) is 3.15. The van der Waals surface area contributed by atoms with Crippen LogP contribution < -0.4 is 11.1 Å². The maximum Gasteiger partial charge on any atom is 0.415 e. The summed E-state index contributed by atoms with van der Waals surface area (Å²) in [7, 11) is 0.